The van der Waals surface area contributed by atoms with Gasteiger partial charge in [-0.15, -0.1) is 0 Å². The smallest absolute Gasteiger partial charge is 0.258 e. The maximum absolute atomic E-state index is 12.2. The summed E-state index contributed by atoms with van der Waals surface area (Å²) >= 11 is 0. The summed E-state index contributed by atoms with van der Waals surface area (Å²) in [5.74, 6) is -0.364. The standard InChI is InChI=1S/C23H27N3O4/c1-14-19(18-9-10-21(27)26-23(18)29)11-15-7-8-17(12-20(15)24-14)30-13-22(28)25-16-5-3-2-4-6-16/h7-8,11-12,16,18H,2-6,9-10,13H2,1H3,(H,25,28)(H,26,27,29). The van der Waals surface area contributed by atoms with E-state index in [9.17, 15) is 14.4 Å². The van der Waals surface area contributed by atoms with E-state index in [1.54, 1.807) is 0 Å². The Labute approximate surface area is 175 Å². The largest absolute Gasteiger partial charge is 0.484 e. The van der Waals surface area contributed by atoms with Crippen LogP contribution in [0.3, 0.4) is 0 Å². The summed E-state index contributed by atoms with van der Waals surface area (Å²) in [5, 5.41) is 6.34. The maximum atomic E-state index is 12.2. The van der Waals surface area contributed by atoms with Gasteiger partial charge in [-0.25, -0.2) is 0 Å². The van der Waals surface area contributed by atoms with Crippen molar-refractivity contribution in [3.8, 4) is 5.75 Å². The van der Waals surface area contributed by atoms with Crippen molar-refractivity contribution in [1.29, 1.82) is 0 Å². The second-order valence-corrected chi connectivity index (χ2v) is 8.21. The van der Waals surface area contributed by atoms with Crippen LogP contribution in [0.1, 0.15) is 62.1 Å². The van der Waals surface area contributed by atoms with Crippen molar-refractivity contribution >= 4 is 28.6 Å². The highest BCUT2D eigenvalue weighted by molar-refractivity contribution is 6.01. The number of carbonyl (C=O) groups excluding carboxylic acids is 3. The number of amides is 3. The van der Waals surface area contributed by atoms with E-state index >= 15 is 0 Å². The zero-order chi connectivity index (χ0) is 21.1. The van der Waals surface area contributed by atoms with Crippen molar-refractivity contribution in [2.24, 2.45) is 0 Å². The maximum Gasteiger partial charge on any atom is 0.258 e. The fraction of sp³-hybridized carbons (Fsp3) is 0.478. The van der Waals surface area contributed by atoms with Gasteiger partial charge in [0.25, 0.3) is 5.91 Å². The van der Waals surface area contributed by atoms with E-state index in [0.717, 1.165) is 35.0 Å². The number of fused-ring (bicyclic) bond motifs is 1. The van der Waals surface area contributed by atoms with Gasteiger partial charge in [-0.1, -0.05) is 19.3 Å². The second kappa shape index (κ2) is 8.81. The molecule has 3 amide bonds. The van der Waals surface area contributed by atoms with E-state index in [-0.39, 0.29) is 36.3 Å². The summed E-state index contributed by atoms with van der Waals surface area (Å²) in [4.78, 5) is 40.4. The third kappa shape index (κ3) is 4.61. The van der Waals surface area contributed by atoms with E-state index < -0.39 is 0 Å². The Kier molecular flexibility index (Phi) is 5.97. The molecule has 1 aromatic heterocycles. The van der Waals surface area contributed by atoms with Crippen LogP contribution in [0.25, 0.3) is 10.9 Å². The highest BCUT2D eigenvalue weighted by atomic mass is 16.5. The molecule has 1 aliphatic carbocycles. The number of aromatic nitrogens is 1. The Morgan fingerprint density at radius 1 is 1.17 bits per heavy atom. The molecule has 0 bridgehead atoms. The number of pyridine rings is 1. The predicted molar refractivity (Wildman–Crippen MR) is 112 cm³/mol. The molecule has 1 aliphatic heterocycles. The Hall–Kier alpha value is -2.96. The summed E-state index contributed by atoms with van der Waals surface area (Å²) in [5.41, 5.74) is 2.34. The first-order valence-electron chi connectivity index (χ1n) is 10.7. The number of nitrogens with one attached hydrogen (secondary N) is 2. The normalized spacial score (nSPS) is 20.1. The molecule has 2 aromatic rings. The molecule has 0 radical (unpaired) electrons. The van der Waals surface area contributed by atoms with Gasteiger partial charge in [0, 0.05) is 29.6 Å². The zero-order valence-electron chi connectivity index (χ0n) is 17.2. The first kappa shape index (κ1) is 20.3. The number of aryl methyl sites for hydroxylation is 1. The van der Waals surface area contributed by atoms with E-state index in [0.29, 0.717) is 18.6 Å². The zero-order valence-corrected chi connectivity index (χ0v) is 17.2. The number of nitrogens with zero attached hydrogens (tertiary/aromatic N) is 1. The summed E-state index contributed by atoms with van der Waals surface area (Å²) < 4.78 is 5.68. The molecule has 1 aromatic carbocycles. The molecule has 1 saturated heterocycles. The van der Waals surface area contributed by atoms with Gasteiger partial charge in [-0.3, -0.25) is 24.7 Å². The molecule has 158 valence electrons. The fourth-order valence-corrected chi connectivity index (χ4v) is 4.36. The number of benzene rings is 1. The Bertz CT molecular complexity index is 982. The molecule has 0 spiro atoms. The van der Waals surface area contributed by atoms with Crippen LogP contribution >= 0.6 is 0 Å². The van der Waals surface area contributed by atoms with E-state index in [4.69, 9.17) is 4.74 Å². The predicted octanol–water partition coefficient (Wildman–Crippen LogP) is 2.89. The topological polar surface area (TPSA) is 97.4 Å². The highest BCUT2D eigenvalue weighted by Gasteiger charge is 2.29. The van der Waals surface area contributed by atoms with Gasteiger partial charge in [0.15, 0.2) is 6.61 Å². The van der Waals surface area contributed by atoms with Crippen LogP contribution in [-0.2, 0) is 14.4 Å². The van der Waals surface area contributed by atoms with Crippen LogP contribution in [0.4, 0.5) is 0 Å². The van der Waals surface area contributed by atoms with Crippen molar-refractivity contribution in [3.05, 3.63) is 35.5 Å². The molecule has 7 nitrogen and oxygen atoms in total. The number of rotatable bonds is 5. The number of imide groups is 1. The third-order valence-electron chi connectivity index (χ3n) is 5.97. The van der Waals surface area contributed by atoms with Gasteiger partial charge >= 0.3 is 0 Å². The third-order valence-corrected chi connectivity index (χ3v) is 5.97. The van der Waals surface area contributed by atoms with Gasteiger partial charge in [0.1, 0.15) is 5.75 Å². The molecule has 30 heavy (non-hydrogen) atoms. The van der Waals surface area contributed by atoms with Crippen molar-refractivity contribution < 1.29 is 19.1 Å². The average molecular weight is 409 g/mol. The van der Waals surface area contributed by atoms with Crippen molar-refractivity contribution in [3.63, 3.8) is 0 Å². The summed E-state index contributed by atoms with van der Waals surface area (Å²) in [6.45, 7) is 1.85. The van der Waals surface area contributed by atoms with E-state index in [1.165, 1.54) is 19.3 Å². The molecular formula is C23H27N3O4. The Balaban J connectivity index is 1.43. The van der Waals surface area contributed by atoms with Gasteiger partial charge in [0.2, 0.25) is 11.8 Å². The first-order valence-corrected chi connectivity index (χ1v) is 10.7. The monoisotopic (exact) mass is 409 g/mol. The quantitative estimate of drug-likeness (QED) is 0.740. The lowest BCUT2D eigenvalue weighted by molar-refractivity contribution is -0.134. The van der Waals surface area contributed by atoms with Crippen molar-refractivity contribution in [2.45, 2.75) is 63.8 Å². The number of piperidine rings is 1. The molecule has 1 saturated carbocycles. The molecule has 4 rings (SSSR count). The SMILES string of the molecule is Cc1nc2cc(OCC(=O)NC3CCCCC3)ccc2cc1C1CCC(=O)NC1=O. The number of hydrogen-bond donors (Lipinski definition) is 2. The Morgan fingerprint density at radius 2 is 1.97 bits per heavy atom. The van der Waals surface area contributed by atoms with Crippen molar-refractivity contribution in [1.82, 2.24) is 15.6 Å². The molecule has 1 atom stereocenters. The van der Waals surface area contributed by atoms with Gasteiger partial charge in [-0.05, 0) is 49.9 Å². The molecular weight excluding hydrogens is 382 g/mol. The second-order valence-electron chi connectivity index (χ2n) is 8.21. The molecule has 7 heteroatoms. The van der Waals surface area contributed by atoms with E-state index in [2.05, 4.69) is 15.6 Å². The average Bonchev–Trinajstić information content (AvgIpc) is 2.73. The minimum absolute atomic E-state index is 0.0185. The van der Waals surface area contributed by atoms with Gasteiger partial charge in [0.05, 0.1) is 11.4 Å². The Morgan fingerprint density at radius 3 is 2.73 bits per heavy atom. The number of ether oxygens (including phenoxy) is 1. The van der Waals surface area contributed by atoms with Crippen LogP contribution in [0.15, 0.2) is 24.3 Å². The minimum Gasteiger partial charge on any atom is -0.484 e. The molecule has 2 N–H and O–H groups in total. The van der Waals surface area contributed by atoms with Crippen LogP contribution in [-0.4, -0.2) is 35.4 Å². The van der Waals surface area contributed by atoms with Crippen molar-refractivity contribution in [2.75, 3.05) is 6.61 Å². The summed E-state index contributed by atoms with van der Waals surface area (Å²) in [6, 6.07) is 7.72. The lowest BCUT2D eigenvalue weighted by Crippen LogP contribution is -2.39. The summed E-state index contributed by atoms with van der Waals surface area (Å²) in [6.07, 6.45) is 6.50. The van der Waals surface area contributed by atoms with Gasteiger partial charge < -0.3 is 10.1 Å². The first-order chi connectivity index (χ1) is 14.5. The number of carbonyl (C=O) groups is 3. The number of hydrogen-bond acceptors (Lipinski definition) is 5. The minimum atomic E-state index is -0.362. The van der Waals surface area contributed by atoms with E-state index in [1.807, 2.05) is 31.2 Å². The molecule has 2 heterocycles. The lowest BCUT2D eigenvalue weighted by atomic mass is 9.89. The van der Waals surface area contributed by atoms with Crippen LogP contribution < -0.4 is 15.4 Å². The summed E-state index contributed by atoms with van der Waals surface area (Å²) in [7, 11) is 0. The molecule has 2 aliphatic rings. The fourth-order valence-electron chi connectivity index (χ4n) is 4.36. The molecule has 1 unspecified atom stereocenters. The highest BCUT2D eigenvalue weighted by Crippen LogP contribution is 2.30. The lowest BCUT2D eigenvalue weighted by Gasteiger charge is -2.23. The van der Waals surface area contributed by atoms with Crippen LogP contribution in [0.5, 0.6) is 5.75 Å². The van der Waals surface area contributed by atoms with Gasteiger partial charge in [-0.2, -0.15) is 0 Å². The molecule has 2 fully saturated rings. The van der Waals surface area contributed by atoms with Crippen LogP contribution in [0, 0.1) is 6.92 Å². The van der Waals surface area contributed by atoms with Crippen LogP contribution in [0.2, 0.25) is 0 Å².